The Morgan fingerprint density at radius 3 is 3.00 bits per heavy atom. The summed E-state index contributed by atoms with van der Waals surface area (Å²) in [4.78, 5) is 14.0. The van der Waals surface area contributed by atoms with Crippen LogP contribution < -0.4 is 5.32 Å². The van der Waals surface area contributed by atoms with Gasteiger partial charge in [0, 0.05) is 12.2 Å². The zero-order valence-corrected chi connectivity index (χ0v) is 7.46. The van der Waals surface area contributed by atoms with Crippen LogP contribution in [0.1, 0.15) is 28.5 Å². The second-order valence-corrected chi connectivity index (χ2v) is 3.13. The number of aromatic amines is 1. The van der Waals surface area contributed by atoms with Crippen LogP contribution in [0, 0.1) is 0 Å². The molecule has 0 spiro atoms. The Bertz CT molecular complexity index is 315. The van der Waals surface area contributed by atoms with Gasteiger partial charge in [-0.2, -0.15) is 0 Å². The van der Waals surface area contributed by atoms with Gasteiger partial charge >= 0.3 is 5.97 Å². The van der Waals surface area contributed by atoms with Gasteiger partial charge in [0.2, 0.25) is 0 Å². The lowest BCUT2D eigenvalue weighted by molar-refractivity contribution is 0.0595. The first-order chi connectivity index (χ1) is 6.31. The van der Waals surface area contributed by atoms with Gasteiger partial charge in [0.15, 0.2) is 0 Å². The van der Waals surface area contributed by atoms with E-state index in [-0.39, 0.29) is 5.97 Å². The number of aromatic nitrogens is 1. The molecule has 0 aromatic carbocycles. The highest BCUT2D eigenvalue weighted by Gasteiger charge is 2.20. The lowest BCUT2D eigenvalue weighted by atomic mass is 10.0. The van der Waals surface area contributed by atoms with Crippen molar-refractivity contribution >= 4 is 5.97 Å². The molecule has 2 N–H and O–H groups in total. The molecule has 1 aromatic heterocycles. The molecule has 0 saturated carbocycles. The molecule has 0 amide bonds. The summed E-state index contributed by atoms with van der Waals surface area (Å²) in [5.74, 6) is -0.314. The molecule has 1 unspecified atom stereocenters. The highest BCUT2D eigenvalue weighted by molar-refractivity contribution is 5.87. The van der Waals surface area contributed by atoms with Gasteiger partial charge in [-0.1, -0.05) is 0 Å². The van der Waals surface area contributed by atoms with Crippen LogP contribution in [-0.2, 0) is 4.74 Å². The second-order valence-electron chi connectivity index (χ2n) is 3.13. The zero-order chi connectivity index (χ0) is 9.26. The lowest BCUT2D eigenvalue weighted by Crippen LogP contribution is -2.34. The average Bonchev–Trinajstić information content (AvgIpc) is 2.49. The van der Waals surface area contributed by atoms with E-state index in [0.717, 1.165) is 18.5 Å². The monoisotopic (exact) mass is 180 g/mol. The molecule has 13 heavy (non-hydrogen) atoms. The van der Waals surface area contributed by atoms with Crippen LogP contribution in [0.4, 0.5) is 0 Å². The summed E-state index contributed by atoms with van der Waals surface area (Å²) in [7, 11) is 1.38. The SMILES string of the molecule is COC(=O)c1cc(C2CCN2)c[nH]1. The van der Waals surface area contributed by atoms with Crippen molar-refractivity contribution in [2.75, 3.05) is 13.7 Å². The number of hydrogen-bond donors (Lipinski definition) is 2. The number of rotatable bonds is 2. The van der Waals surface area contributed by atoms with E-state index in [1.54, 1.807) is 0 Å². The Morgan fingerprint density at radius 2 is 2.46 bits per heavy atom. The molecule has 1 saturated heterocycles. The normalized spacial score (nSPS) is 20.8. The minimum atomic E-state index is -0.314. The van der Waals surface area contributed by atoms with Crippen molar-refractivity contribution in [3.8, 4) is 0 Å². The molecule has 0 radical (unpaired) electrons. The molecule has 0 aliphatic carbocycles. The van der Waals surface area contributed by atoms with E-state index in [2.05, 4.69) is 15.0 Å². The van der Waals surface area contributed by atoms with E-state index >= 15 is 0 Å². The largest absolute Gasteiger partial charge is 0.464 e. The van der Waals surface area contributed by atoms with Crippen LogP contribution in [-0.4, -0.2) is 24.6 Å². The van der Waals surface area contributed by atoms with Crippen LogP contribution in [0.5, 0.6) is 0 Å². The summed E-state index contributed by atoms with van der Waals surface area (Å²) in [6.45, 7) is 1.06. The van der Waals surface area contributed by atoms with Crippen molar-refractivity contribution in [3.05, 3.63) is 23.5 Å². The van der Waals surface area contributed by atoms with E-state index in [9.17, 15) is 4.79 Å². The Balaban J connectivity index is 2.12. The summed E-state index contributed by atoms with van der Waals surface area (Å²) in [6, 6.07) is 2.25. The first kappa shape index (κ1) is 8.31. The number of methoxy groups -OCH3 is 1. The zero-order valence-electron chi connectivity index (χ0n) is 7.46. The number of nitrogens with one attached hydrogen (secondary N) is 2. The van der Waals surface area contributed by atoms with Crippen LogP contribution in [0.2, 0.25) is 0 Å². The van der Waals surface area contributed by atoms with Crippen LogP contribution in [0.15, 0.2) is 12.3 Å². The fraction of sp³-hybridized carbons (Fsp3) is 0.444. The van der Waals surface area contributed by atoms with Crippen molar-refractivity contribution in [1.82, 2.24) is 10.3 Å². The molecule has 4 nitrogen and oxygen atoms in total. The minimum absolute atomic E-state index is 0.314. The summed E-state index contributed by atoms with van der Waals surface area (Å²) in [6.07, 6.45) is 2.99. The van der Waals surface area contributed by atoms with E-state index in [1.165, 1.54) is 7.11 Å². The third-order valence-corrected chi connectivity index (χ3v) is 2.34. The molecule has 2 rings (SSSR count). The Labute approximate surface area is 76.3 Å². The molecular weight excluding hydrogens is 168 g/mol. The topological polar surface area (TPSA) is 54.1 Å². The third-order valence-electron chi connectivity index (χ3n) is 2.34. The molecule has 1 fully saturated rings. The maximum atomic E-state index is 11.1. The standard InChI is InChI=1S/C9H12N2O2/c1-13-9(12)8-4-6(5-11-8)7-2-3-10-7/h4-5,7,10-11H,2-3H2,1H3. The first-order valence-corrected chi connectivity index (χ1v) is 4.31. The predicted octanol–water partition coefficient (Wildman–Crippen LogP) is 0.836. The second kappa shape index (κ2) is 3.22. The van der Waals surface area contributed by atoms with Crippen LogP contribution in [0.25, 0.3) is 0 Å². The van der Waals surface area contributed by atoms with Gasteiger partial charge in [0.1, 0.15) is 5.69 Å². The van der Waals surface area contributed by atoms with Gasteiger partial charge in [-0.05, 0) is 24.6 Å². The molecule has 4 heteroatoms. The van der Waals surface area contributed by atoms with Crippen molar-refractivity contribution < 1.29 is 9.53 Å². The van der Waals surface area contributed by atoms with Gasteiger partial charge in [0.25, 0.3) is 0 Å². The van der Waals surface area contributed by atoms with Crippen LogP contribution >= 0.6 is 0 Å². The highest BCUT2D eigenvalue weighted by atomic mass is 16.5. The molecule has 70 valence electrons. The highest BCUT2D eigenvalue weighted by Crippen LogP contribution is 2.23. The molecule has 1 atom stereocenters. The van der Waals surface area contributed by atoms with Gasteiger partial charge in [-0.3, -0.25) is 0 Å². The Morgan fingerprint density at radius 1 is 1.69 bits per heavy atom. The summed E-state index contributed by atoms with van der Waals surface area (Å²) in [5.41, 5.74) is 1.65. The summed E-state index contributed by atoms with van der Waals surface area (Å²) >= 11 is 0. The van der Waals surface area contributed by atoms with Crippen LogP contribution in [0.3, 0.4) is 0 Å². The van der Waals surface area contributed by atoms with Crippen molar-refractivity contribution in [3.63, 3.8) is 0 Å². The predicted molar refractivity (Wildman–Crippen MR) is 47.5 cm³/mol. The van der Waals surface area contributed by atoms with E-state index in [1.807, 2.05) is 12.3 Å². The molecule has 1 aliphatic heterocycles. The molecule has 1 aliphatic rings. The Kier molecular flexibility index (Phi) is 2.06. The minimum Gasteiger partial charge on any atom is -0.464 e. The number of ether oxygens (including phenoxy) is 1. The van der Waals surface area contributed by atoms with E-state index in [4.69, 9.17) is 0 Å². The molecule has 1 aromatic rings. The molecular formula is C9H12N2O2. The van der Waals surface area contributed by atoms with Crippen molar-refractivity contribution in [2.24, 2.45) is 0 Å². The smallest absolute Gasteiger partial charge is 0.354 e. The fourth-order valence-electron chi connectivity index (χ4n) is 1.41. The van der Waals surface area contributed by atoms with Crippen molar-refractivity contribution in [1.29, 1.82) is 0 Å². The summed E-state index contributed by atoms with van der Waals surface area (Å²) in [5, 5.41) is 3.26. The van der Waals surface area contributed by atoms with Gasteiger partial charge in [-0.15, -0.1) is 0 Å². The van der Waals surface area contributed by atoms with Gasteiger partial charge in [0.05, 0.1) is 7.11 Å². The summed E-state index contributed by atoms with van der Waals surface area (Å²) < 4.78 is 4.59. The van der Waals surface area contributed by atoms with E-state index < -0.39 is 0 Å². The first-order valence-electron chi connectivity index (χ1n) is 4.31. The van der Waals surface area contributed by atoms with Crippen molar-refractivity contribution in [2.45, 2.75) is 12.5 Å². The lowest BCUT2D eigenvalue weighted by Gasteiger charge is -2.26. The number of carbonyl (C=O) groups excluding carboxylic acids is 1. The number of esters is 1. The number of hydrogen-bond acceptors (Lipinski definition) is 3. The fourth-order valence-corrected chi connectivity index (χ4v) is 1.41. The van der Waals surface area contributed by atoms with Gasteiger partial charge in [-0.25, -0.2) is 4.79 Å². The van der Waals surface area contributed by atoms with Gasteiger partial charge < -0.3 is 15.0 Å². The number of carbonyl (C=O) groups is 1. The average molecular weight is 180 g/mol. The van der Waals surface area contributed by atoms with E-state index in [0.29, 0.717) is 11.7 Å². The molecule has 0 bridgehead atoms. The third kappa shape index (κ3) is 1.45. The molecule has 2 heterocycles. The quantitative estimate of drug-likeness (QED) is 0.663. The Hall–Kier alpha value is -1.29. The maximum Gasteiger partial charge on any atom is 0.354 e. The number of H-pyrrole nitrogens is 1. The maximum absolute atomic E-state index is 11.1.